The van der Waals surface area contributed by atoms with Gasteiger partial charge in [0, 0.05) is 36.9 Å². The molecule has 53 heavy (non-hydrogen) atoms. The normalized spacial score (nSPS) is 38.3. The van der Waals surface area contributed by atoms with E-state index in [2.05, 4.69) is 72.4 Å². The highest BCUT2D eigenvalue weighted by molar-refractivity contribution is 6.00. The summed E-state index contributed by atoms with van der Waals surface area (Å²) < 4.78 is 6.21. The number of hydrogen-bond acceptors (Lipinski definition) is 6. The lowest BCUT2D eigenvalue weighted by Gasteiger charge is -2.72. The van der Waals surface area contributed by atoms with Crippen LogP contribution >= 0.6 is 0 Å². The minimum atomic E-state index is -1.14. The van der Waals surface area contributed by atoms with Crippen LogP contribution in [0.1, 0.15) is 152 Å². The Hall–Kier alpha value is -1.73. The first-order chi connectivity index (χ1) is 24.6. The standard InChI is InChI=1S/C46H76N2O5/c1-30(2)38-33(49)27-46(23-24-48(26-25-47(10)11)29-31-13-12-14-31)22-21-44(8)32(39(38)46)15-16-35-43(7)19-18-36(53-37(50)28-41(3,4)40(51)52)42(5,6)34(43)17-20-45(35,44)9/h30-32,34-36H,12-29H2,1-11H3,(H,51,52)/t32-,34+,35-,36+,43+,44-,45-,46-/m1/s1. The van der Waals surface area contributed by atoms with E-state index < -0.39 is 11.4 Å². The van der Waals surface area contributed by atoms with Gasteiger partial charge in [-0.05, 0) is 157 Å². The van der Waals surface area contributed by atoms with E-state index in [0.29, 0.717) is 23.5 Å². The Kier molecular flexibility index (Phi) is 11.1. The van der Waals surface area contributed by atoms with Gasteiger partial charge in [0.1, 0.15) is 6.10 Å². The molecular weight excluding hydrogens is 661 g/mol. The van der Waals surface area contributed by atoms with Crippen LogP contribution in [0.4, 0.5) is 0 Å². The summed E-state index contributed by atoms with van der Waals surface area (Å²) in [7, 11) is 4.37. The molecule has 0 spiro atoms. The topological polar surface area (TPSA) is 87.2 Å². The SMILES string of the molecule is CC(C)C1=C2[C@H]3CC[C@@H]4[C@@]5(C)CC[C@H](OC(=O)CC(C)(C)C(=O)O)C(C)(C)[C@@H]5CC[C@@]4(C)[C@]3(C)CC[C@@]2(CCN(CCN(C)C)CC2CCC2)CC1=O. The number of nitrogens with zero attached hydrogens (tertiary/aromatic N) is 2. The van der Waals surface area contributed by atoms with Crippen LogP contribution in [0.25, 0.3) is 0 Å². The molecule has 0 bridgehead atoms. The van der Waals surface area contributed by atoms with Crippen molar-refractivity contribution in [1.82, 2.24) is 9.80 Å². The Morgan fingerprint density at radius 3 is 2.17 bits per heavy atom. The number of Topliss-reactive ketones (excluding diaryl/α,β-unsaturated/α-hetero) is 1. The first-order valence-electron chi connectivity index (χ1n) is 21.7. The molecule has 6 rings (SSSR count). The van der Waals surface area contributed by atoms with Gasteiger partial charge in [0.2, 0.25) is 0 Å². The van der Waals surface area contributed by atoms with Gasteiger partial charge in [0.25, 0.3) is 0 Å². The Bertz CT molecular complexity index is 1460. The molecule has 5 fully saturated rings. The van der Waals surface area contributed by atoms with Crippen molar-refractivity contribution in [3.05, 3.63) is 11.1 Å². The molecule has 0 saturated heterocycles. The monoisotopic (exact) mass is 737 g/mol. The Morgan fingerprint density at radius 1 is 0.868 bits per heavy atom. The highest BCUT2D eigenvalue weighted by atomic mass is 16.5. The van der Waals surface area contributed by atoms with E-state index in [-0.39, 0.29) is 51.5 Å². The van der Waals surface area contributed by atoms with Crippen molar-refractivity contribution in [1.29, 1.82) is 0 Å². The Morgan fingerprint density at radius 2 is 1.57 bits per heavy atom. The zero-order chi connectivity index (χ0) is 38.9. The van der Waals surface area contributed by atoms with Crippen molar-refractivity contribution in [2.45, 2.75) is 158 Å². The number of ketones is 1. The molecule has 0 amide bonds. The number of carboxylic acids is 1. The summed E-state index contributed by atoms with van der Waals surface area (Å²) in [4.78, 5) is 44.2. The number of ether oxygens (including phenoxy) is 1. The van der Waals surface area contributed by atoms with Crippen LogP contribution in [0.2, 0.25) is 0 Å². The molecule has 7 heteroatoms. The van der Waals surface area contributed by atoms with Gasteiger partial charge in [-0.1, -0.05) is 60.5 Å². The fourth-order valence-corrected chi connectivity index (χ4v) is 13.9. The molecule has 0 unspecified atom stereocenters. The van der Waals surface area contributed by atoms with Crippen molar-refractivity contribution in [3.63, 3.8) is 0 Å². The minimum absolute atomic E-state index is 0.0142. The number of likely N-dealkylation sites (N-methyl/N-ethyl adjacent to an activating group) is 1. The van der Waals surface area contributed by atoms with Gasteiger partial charge < -0.3 is 19.6 Å². The number of fused-ring (bicyclic) bond motifs is 7. The molecule has 7 nitrogen and oxygen atoms in total. The maximum atomic E-state index is 14.2. The first-order valence-corrected chi connectivity index (χ1v) is 21.7. The van der Waals surface area contributed by atoms with E-state index in [0.717, 1.165) is 64.1 Å². The van der Waals surface area contributed by atoms with Crippen molar-refractivity contribution in [2.75, 3.05) is 40.3 Å². The summed E-state index contributed by atoms with van der Waals surface area (Å²) in [5.41, 5.74) is 1.93. The van der Waals surface area contributed by atoms with E-state index >= 15 is 0 Å². The fourth-order valence-electron chi connectivity index (χ4n) is 13.9. The molecule has 8 atom stereocenters. The van der Waals surface area contributed by atoms with Crippen LogP contribution in [0.3, 0.4) is 0 Å². The average molecular weight is 737 g/mol. The second-order valence-electron chi connectivity index (χ2n) is 21.8. The molecule has 0 aromatic rings. The minimum Gasteiger partial charge on any atom is -0.481 e. The van der Waals surface area contributed by atoms with E-state index in [1.165, 1.54) is 57.1 Å². The molecule has 1 N–H and O–H groups in total. The van der Waals surface area contributed by atoms with E-state index in [4.69, 9.17) is 4.74 Å². The van der Waals surface area contributed by atoms with Gasteiger partial charge >= 0.3 is 11.9 Å². The lowest BCUT2D eigenvalue weighted by Crippen LogP contribution is -2.65. The average Bonchev–Trinajstić information content (AvgIpc) is 3.33. The summed E-state index contributed by atoms with van der Waals surface area (Å²) in [5, 5.41) is 9.64. The summed E-state index contributed by atoms with van der Waals surface area (Å²) in [6.45, 7) is 24.8. The Balaban J connectivity index is 1.25. The number of hydrogen-bond donors (Lipinski definition) is 1. The number of carbonyl (C=O) groups excluding carboxylic acids is 2. The fraction of sp³-hybridized carbons (Fsp3) is 0.891. The molecule has 0 aliphatic heterocycles. The molecule has 5 saturated carbocycles. The van der Waals surface area contributed by atoms with Crippen molar-refractivity contribution in [2.24, 2.45) is 62.1 Å². The number of rotatable bonds is 13. The highest BCUT2D eigenvalue weighted by Crippen LogP contribution is 2.77. The molecular formula is C46H76N2O5. The molecule has 0 heterocycles. The maximum absolute atomic E-state index is 14.2. The summed E-state index contributed by atoms with van der Waals surface area (Å²) in [6, 6.07) is 0. The van der Waals surface area contributed by atoms with E-state index in [1.807, 2.05) is 0 Å². The number of carboxylic acid groups (broad SMARTS) is 1. The van der Waals surface area contributed by atoms with Gasteiger partial charge in [0.15, 0.2) is 5.78 Å². The van der Waals surface area contributed by atoms with Crippen molar-refractivity contribution < 1.29 is 24.2 Å². The summed E-state index contributed by atoms with van der Waals surface area (Å²) in [5.74, 6) is 1.67. The van der Waals surface area contributed by atoms with E-state index in [9.17, 15) is 19.5 Å². The van der Waals surface area contributed by atoms with Crippen molar-refractivity contribution >= 4 is 17.7 Å². The third-order valence-electron chi connectivity index (χ3n) is 17.5. The lowest BCUT2D eigenvalue weighted by molar-refractivity contribution is -0.233. The van der Waals surface area contributed by atoms with Gasteiger partial charge in [-0.15, -0.1) is 0 Å². The van der Waals surface area contributed by atoms with Crippen LogP contribution in [-0.2, 0) is 19.1 Å². The third kappa shape index (κ3) is 6.90. The third-order valence-corrected chi connectivity index (χ3v) is 17.5. The number of aliphatic carboxylic acids is 1. The zero-order valence-electron chi connectivity index (χ0n) is 35.7. The van der Waals surface area contributed by atoms with Crippen LogP contribution in [0, 0.1) is 62.1 Å². The second-order valence-corrected chi connectivity index (χ2v) is 21.8. The molecule has 300 valence electrons. The molecule has 0 radical (unpaired) electrons. The van der Waals surface area contributed by atoms with Crippen LogP contribution in [0.5, 0.6) is 0 Å². The molecule has 0 aromatic heterocycles. The summed E-state index contributed by atoms with van der Waals surface area (Å²) >= 11 is 0. The van der Waals surface area contributed by atoms with Crippen LogP contribution in [-0.4, -0.2) is 79.0 Å². The maximum Gasteiger partial charge on any atom is 0.309 e. The van der Waals surface area contributed by atoms with Crippen molar-refractivity contribution in [3.8, 4) is 0 Å². The van der Waals surface area contributed by atoms with Gasteiger partial charge in [-0.25, -0.2) is 0 Å². The number of carbonyl (C=O) groups is 3. The predicted octanol–water partition coefficient (Wildman–Crippen LogP) is 9.43. The van der Waals surface area contributed by atoms with E-state index in [1.54, 1.807) is 19.4 Å². The van der Waals surface area contributed by atoms with Gasteiger partial charge in [-0.2, -0.15) is 0 Å². The quantitative estimate of drug-likeness (QED) is 0.189. The Labute approximate surface area is 322 Å². The van der Waals surface area contributed by atoms with Gasteiger partial charge in [-0.3, -0.25) is 14.4 Å². The van der Waals surface area contributed by atoms with Gasteiger partial charge in [0.05, 0.1) is 11.8 Å². The number of esters is 1. The molecule has 6 aliphatic rings. The second kappa shape index (κ2) is 14.3. The first kappa shape index (κ1) is 40.9. The smallest absolute Gasteiger partial charge is 0.309 e. The largest absolute Gasteiger partial charge is 0.481 e. The summed E-state index contributed by atoms with van der Waals surface area (Å²) in [6.07, 6.45) is 14.6. The van der Waals surface area contributed by atoms with Crippen LogP contribution in [0.15, 0.2) is 11.1 Å². The molecule has 6 aliphatic carbocycles. The van der Waals surface area contributed by atoms with Crippen LogP contribution < -0.4 is 0 Å². The zero-order valence-corrected chi connectivity index (χ0v) is 35.7. The lowest BCUT2D eigenvalue weighted by atomic mass is 9.33. The molecule has 0 aromatic carbocycles. The predicted molar refractivity (Wildman–Crippen MR) is 212 cm³/mol. The highest BCUT2D eigenvalue weighted by Gasteiger charge is 2.70. The number of allylic oxidation sites excluding steroid dienone is 2.